The van der Waals surface area contributed by atoms with Gasteiger partial charge in [-0.05, 0) is 52.4 Å². The minimum atomic E-state index is -2.97. The summed E-state index contributed by atoms with van der Waals surface area (Å²) in [5.74, 6) is -0.0438. The number of likely N-dealkylation sites (tertiary alicyclic amines) is 1. The lowest BCUT2D eigenvalue weighted by Gasteiger charge is -2.28. The number of hydrogen-bond donors (Lipinski definition) is 0. The van der Waals surface area contributed by atoms with Crippen LogP contribution >= 0.6 is 0 Å². The van der Waals surface area contributed by atoms with Crippen LogP contribution in [0.3, 0.4) is 0 Å². The maximum absolute atomic E-state index is 12.7. The van der Waals surface area contributed by atoms with Crippen molar-refractivity contribution in [1.82, 2.24) is 4.90 Å². The summed E-state index contributed by atoms with van der Waals surface area (Å²) in [6.45, 7) is 6.17. The Bertz CT molecular complexity index is 670. The molecule has 0 aromatic heterocycles. The minimum Gasteiger partial charge on any atom is -0.467 e. The molecular weight excluding hydrogens is 386 g/mol. The largest absolute Gasteiger partial charge is 0.467 e. The van der Waals surface area contributed by atoms with E-state index in [9.17, 15) is 18.0 Å². The fourth-order valence-corrected chi connectivity index (χ4v) is 4.74. The van der Waals surface area contributed by atoms with Gasteiger partial charge in [0.15, 0.2) is 6.04 Å². The van der Waals surface area contributed by atoms with Crippen molar-refractivity contribution in [3.8, 4) is 0 Å². The molecule has 2 saturated heterocycles. The first kappa shape index (κ1) is 22.9. The molecule has 0 aromatic carbocycles. The van der Waals surface area contributed by atoms with E-state index < -0.39 is 39.6 Å². The van der Waals surface area contributed by atoms with Crippen LogP contribution in [-0.2, 0) is 28.8 Å². The minimum absolute atomic E-state index is 0.0117. The number of esters is 1. The molecule has 0 bridgehead atoms. The summed E-state index contributed by atoms with van der Waals surface area (Å²) in [6, 6.07) is -0.820. The number of sulfone groups is 1. The molecule has 0 N–H and O–H groups in total. The maximum atomic E-state index is 12.7. The van der Waals surface area contributed by atoms with Gasteiger partial charge in [-0.25, -0.2) is 18.0 Å². The van der Waals surface area contributed by atoms with Gasteiger partial charge in [0.1, 0.15) is 15.4 Å². The van der Waals surface area contributed by atoms with Crippen LogP contribution in [0.2, 0.25) is 0 Å². The molecule has 0 aliphatic carbocycles. The molecule has 2 fully saturated rings. The van der Waals surface area contributed by atoms with Gasteiger partial charge in [0.05, 0.1) is 13.2 Å². The number of carbonyl (C=O) groups is 2. The number of fused-ring (bicyclic) bond motifs is 1. The molecule has 1 amide bonds. The highest BCUT2D eigenvalue weighted by molar-refractivity contribution is 7.90. The molecule has 162 valence electrons. The van der Waals surface area contributed by atoms with E-state index in [2.05, 4.69) is 0 Å². The summed E-state index contributed by atoms with van der Waals surface area (Å²) in [4.78, 5) is 26.5. The van der Waals surface area contributed by atoms with Crippen LogP contribution in [0.5, 0.6) is 0 Å². The topological polar surface area (TPSA) is 99.2 Å². The number of nitrogens with zero attached hydrogens (tertiary/aromatic N) is 1. The maximum Gasteiger partial charge on any atom is 0.411 e. The molecule has 0 spiro atoms. The summed E-state index contributed by atoms with van der Waals surface area (Å²) in [5, 5.41) is 0. The van der Waals surface area contributed by atoms with Crippen molar-refractivity contribution in [2.45, 2.75) is 64.2 Å². The SMILES string of the molecule is COC(=O)[C@@H]1[C@@H]2OCC[C@@H](CCCS(C)(=O)=O)C[C@H]2CN1C(=O)OC(C)(C)C. The normalized spacial score (nSPS) is 28.4. The Morgan fingerprint density at radius 1 is 1.25 bits per heavy atom. The Morgan fingerprint density at radius 2 is 1.93 bits per heavy atom. The van der Waals surface area contributed by atoms with E-state index in [0.29, 0.717) is 25.5 Å². The van der Waals surface area contributed by atoms with Gasteiger partial charge in [0, 0.05) is 31.1 Å². The molecule has 0 saturated carbocycles. The third kappa shape index (κ3) is 6.34. The van der Waals surface area contributed by atoms with Crippen LogP contribution in [-0.4, -0.2) is 75.4 Å². The van der Waals surface area contributed by atoms with Crippen LogP contribution in [0.4, 0.5) is 4.79 Å². The summed E-state index contributed by atoms with van der Waals surface area (Å²) in [5.41, 5.74) is -0.669. The molecule has 4 atom stereocenters. The lowest BCUT2D eigenvalue weighted by Crippen LogP contribution is -2.48. The second-order valence-corrected chi connectivity index (χ2v) is 11.1. The second kappa shape index (κ2) is 8.98. The highest BCUT2D eigenvalue weighted by Crippen LogP contribution is 2.37. The Morgan fingerprint density at radius 3 is 2.50 bits per heavy atom. The first-order chi connectivity index (χ1) is 12.9. The summed E-state index contributed by atoms with van der Waals surface area (Å²) >= 11 is 0. The van der Waals surface area contributed by atoms with Gasteiger partial charge in [-0.15, -0.1) is 0 Å². The molecule has 2 aliphatic heterocycles. The first-order valence-electron chi connectivity index (χ1n) is 9.78. The average Bonchev–Trinajstić information content (AvgIpc) is 2.78. The predicted molar refractivity (Wildman–Crippen MR) is 104 cm³/mol. The summed E-state index contributed by atoms with van der Waals surface area (Å²) in [7, 11) is -1.68. The average molecular weight is 420 g/mol. The molecule has 2 rings (SSSR count). The van der Waals surface area contributed by atoms with Crippen molar-refractivity contribution in [2.24, 2.45) is 11.8 Å². The van der Waals surface area contributed by atoms with E-state index in [1.807, 2.05) is 0 Å². The van der Waals surface area contributed by atoms with E-state index in [4.69, 9.17) is 14.2 Å². The van der Waals surface area contributed by atoms with Crippen molar-refractivity contribution in [1.29, 1.82) is 0 Å². The van der Waals surface area contributed by atoms with E-state index in [1.54, 1.807) is 20.8 Å². The van der Waals surface area contributed by atoms with E-state index >= 15 is 0 Å². The zero-order valence-corrected chi connectivity index (χ0v) is 18.3. The van der Waals surface area contributed by atoms with Crippen LogP contribution < -0.4 is 0 Å². The Kier molecular flexibility index (Phi) is 7.36. The number of amides is 1. The first-order valence-corrected chi connectivity index (χ1v) is 11.8. The van der Waals surface area contributed by atoms with Gasteiger partial charge in [0.25, 0.3) is 0 Å². The molecule has 28 heavy (non-hydrogen) atoms. The molecule has 0 radical (unpaired) electrons. The van der Waals surface area contributed by atoms with Crippen LogP contribution in [0, 0.1) is 11.8 Å². The van der Waals surface area contributed by atoms with Crippen LogP contribution in [0.1, 0.15) is 46.5 Å². The zero-order valence-electron chi connectivity index (χ0n) is 17.5. The number of ether oxygens (including phenoxy) is 3. The van der Waals surface area contributed by atoms with Crippen molar-refractivity contribution in [3.63, 3.8) is 0 Å². The zero-order chi connectivity index (χ0) is 21.1. The van der Waals surface area contributed by atoms with Crippen molar-refractivity contribution in [2.75, 3.05) is 32.3 Å². The van der Waals surface area contributed by atoms with Gasteiger partial charge < -0.3 is 14.2 Å². The highest BCUT2D eigenvalue weighted by atomic mass is 32.2. The predicted octanol–water partition coefficient (Wildman–Crippen LogP) is 2.01. The fraction of sp³-hybridized carbons (Fsp3) is 0.895. The molecule has 0 aromatic rings. The second-order valence-electron chi connectivity index (χ2n) is 8.86. The van der Waals surface area contributed by atoms with Crippen molar-refractivity contribution >= 4 is 21.9 Å². The monoisotopic (exact) mass is 419 g/mol. The lowest BCUT2D eigenvalue weighted by molar-refractivity contribution is -0.150. The fourth-order valence-electron chi connectivity index (χ4n) is 4.05. The highest BCUT2D eigenvalue weighted by Gasteiger charge is 2.51. The molecule has 9 heteroatoms. The molecule has 8 nitrogen and oxygen atoms in total. The van der Waals surface area contributed by atoms with E-state index in [-0.39, 0.29) is 11.7 Å². The molecule has 0 unspecified atom stereocenters. The van der Waals surface area contributed by atoms with Crippen LogP contribution in [0.15, 0.2) is 0 Å². The lowest BCUT2D eigenvalue weighted by atomic mass is 9.87. The van der Waals surface area contributed by atoms with Crippen LogP contribution in [0.25, 0.3) is 0 Å². The third-order valence-corrected chi connectivity index (χ3v) is 6.24. The Hall–Kier alpha value is -1.35. The smallest absolute Gasteiger partial charge is 0.411 e. The van der Waals surface area contributed by atoms with E-state index in [1.165, 1.54) is 18.3 Å². The third-order valence-electron chi connectivity index (χ3n) is 5.21. The molecule has 2 aliphatic rings. The summed E-state index contributed by atoms with van der Waals surface area (Å²) in [6.07, 6.45) is 3.26. The van der Waals surface area contributed by atoms with Gasteiger partial charge >= 0.3 is 12.1 Å². The van der Waals surface area contributed by atoms with Gasteiger partial charge in [-0.3, -0.25) is 4.90 Å². The van der Waals surface area contributed by atoms with Gasteiger partial charge in [-0.2, -0.15) is 0 Å². The number of rotatable bonds is 5. The van der Waals surface area contributed by atoms with Crippen molar-refractivity contribution in [3.05, 3.63) is 0 Å². The van der Waals surface area contributed by atoms with Gasteiger partial charge in [0.2, 0.25) is 0 Å². The molecule has 2 heterocycles. The quantitative estimate of drug-likeness (QED) is 0.629. The van der Waals surface area contributed by atoms with Gasteiger partial charge in [-0.1, -0.05) is 0 Å². The Balaban J connectivity index is 2.10. The number of methoxy groups -OCH3 is 1. The summed E-state index contributed by atoms with van der Waals surface area (Å²) < 4.78 is 39.1. The van der Waals surface area contributed by atoms with Crippen molar-refractivity contribution < 1.29 is 32.2 Å². The number of hydrogen-bond acceptors (Lipinski definition) is 7. The van der Waals surface area contributed by atoms with E-state index in [0.717, 1.165) is 19.3 Å². The Labute approximate surface area is 167 Å². The molecular formula is C19H33NO7S. The standard InChI is InChI=1S/C19H33NO7S/c1-19(2,3)27-18(22)20-12-14-11-13(7-6-10-28(5,23)24)8-9-26-16(14)15(20)17(21)25-4/h13-16H,6-12H2,1-5H3/t13-,14+,15+,16-/m1/s1. The number of carbonyl (C=O) groups excluding carboxylic acids is 2.